The molecule has 2 aliphatic carbocycles. The van der Waals surface area contributed by atoms with Crippen LogP contribution in [0, 0.1) is 5.92 Å². The second kappa shape index (κ2) is 5.87. The zero-order valence-corrected chi connectivity index (χ0v) is 10.3. The molecule has 0 aromatic heterocycles. The number of rotatable bonds is 3. The van der Waals surface area contributed by atoms with Crippen LogP contribution in [0.25, 0.3) is 0 Å². The first-order chi connectivity index (χ1) is 8.27. The maximum Gasteiger partial charge on any atom is 0.0497 e. The van der Waals surface area contributed by atoms with E-state index in [4.69, 9.17) is 11.5 Å². The largest absolute Gasteiger partial charge is 0.402 e. The van der Waals surface area contributed by atoms with Crippen LogP contribution in [0.1, 0.15) is 32.1 Å². The molecular weight excluding hydrogens is 208 g/mol. The zero-order chi connectivity index (χ0) is 12.1. The van der Waals surface area contributed by atoms with Crippen molar-refractivity contribution in [2.75, 3.05) is 0 Å². The highest BCUT2D eigenvalue weighted by Gasteiger charge is 2.13. The van der Waals surface area contributed by atoms with Crippen LogP contribution >= 0.6 is 0 Å². The minimum atomic E-state index is -0.0538. The van der Waals surface area contributed by atoms with Crippen molar-refractivity contribution in [2.24, 2.45) is 17.4 Å². The molecule has 2 aliphatic rings. The first kappa shape index (κ1) is 12.2. The Morgan fingerprint density at radius 2 is 2.18 bits per heavy atom. The van der Waals surface area contributed by atoms with Gasteiger partial charge in [0.1, 0.15) is 0 Å². The summed E-state index contributed by atoms with van der Waals surface area (Å²) in [7, 11) is 0. The van der Waals surface area contributed by atoms with Gasteiger partial charge in [-0.3, -0.25) is 0 Å². The lowest BCUT2D eigenvalue weighted by Crippen LogP contribution is -2.23. The van der Waals surface area contributed by atoms with Gasteiger partial charge in [0.25, 0.3) is 0 Å². The summed E-state index contributed by atoms with van der Waals surface area (Å²) in [6.07, 6.45) is 18.8. The van der Waals surface area contributed by atoms with Gasteiger partial charge in [-0.15, -0.1) is 0 Å². The van der Waals surface area contributed by atoms with E-state index >= 15 is 0 Å². The summed E-state index contributed by atoms with van der Waals surface area (Å²) >= 11 is 0. The van der Waals surface area contributed by atoms with Crippen LogP contribution in [-0.4, -0.2) is 6.04 Å². The van der Waals surface area contributed by atoms with Crippen LogP contribution in [0.5, 0.6) is 0 Å². The molecule has 2 nitrogen and oxygen atoms in total. The molecule has 0 bridgehead atoms. The van der Waals surface area contributed by atoms with Crippen molar-refractivity contribution in [3.63, 3.8) is 0 Å². The van der Waals surface area contributed by atoms with Gasteiger partial charge in [0, 0.05) is 17.7 Å². The fraction of sp³-hybridized carbons (Fsp3) is 0.467. The molecule has 2 rings (SSSR count). The summed E-state index contributed by atoms with van der Waals surface area (Å²) in [4.78, 5) is 0. The van der Waals surface area contributed by atoms with E-state index in [9.17, 15) is 0 Å². The highest BCUT2D eigenvalue weighted by molar-refractivity contribution is 5.32. The maximum atomic E-state index is 6.16. The fourth-order valence-electron chi connectivity index (χ4n) is 2.40. The van der Waals surface area contributed by atoms with Gasteiger partial charge < -0.3 is 11.5 Å². The summed E-state index contributed by atoms with van der Waals surface area (Å²) < 4.78 is 0. The average Bonchev–Trinajstić information content (AvgIpc) is 2.40. The Bertz CT molecular complexity index is 374. The third kappa shape index (κ3) is 3.34. The number of nitrogens with two attached hydrogens (primary N) is 2. The Kier molecular flexibility index (Phi) is 4.21. The Balaban J connectivity index is 2.02. The van der Waals surface area contributed by atoms with E-state index in [2.05, 4.69) is 30.4 Å². The molecule has 2 heteroatoms. The van der Waals surface area contributed by atoms with Gasteiger partial charge >= 0.3 is 0 Å². The van der Waals surface area contributed by atoms with Crippen LogP contribution < -0.4 is 11.5 Å². The molecule has 0 fully saturated rings. The fourth-order valence-corrected chi connectivity index (χ4v) is 2.40. The van der Waals surface area contributed by atoms with E-state index in [1.807, 2.05) is 6.08 Å². The molecule has 0 saturated carbocycles. The van der Waals surface area contributed by atoms with E-state index < -0.39 is 0 Å². The highest BCUT2D eigenvalue weighted by Crippen LogP contribution is 2.22. The van der Waals surface area contributed by atoms with Crippen molar-refractivity contribution in [3.8, 4) is 0 Å². The van der Waals surface area contributed by atoms with Crippen molar-refractivity contribution in [3.05, 3.63) is 47.7 Å². The minimum Gasteiger partial charge on any atom is -0.402 e. The van der Waals surface area contributed by atoms with Crippen molar-refractivity contribution in [1.82, 2.24) is 0 Å². The molecule has 2 atom stereocenters. The van der Waals surface area contributed by atoms with Gasteiger partial charge in [-0.1, -0.05) is 30.4 Å². The molecule has 92 valence electrons. The molecular formula is C15H22N2. The van der Waals surface area contributed by atoms with Crippen molar-refractivity contribution >= 4 is 0 Å². The first-order valence-corrected chi connectivity index (χ1v) is 6.53. The van der Waals surface area contributed by atoms with E-state index in [0.717, 1.165) is 25.0 Å². The van der Waals surface area contributed by atoms with Crippen LogP contribution in [0.4, 0.5) is 0 Å². The minimum absolute atomic E-state index is 0.0538. The van der Waals surface area contributed by atoms with Gasteiger partial charge in [0.05, 0.1) is 0 Å². The van der Waals surface area contributed by atoms with Gasteiger partial charge in [-0.25, -0.2) is 0 Å². The van der Waals surface area contributed by atoms with E-state index in [1.165, 1.54) is 18.4 Å². The molecule has 0 aliphatic heterocycles. The lowest BCUT2D eigenvalue weighted by molar-refractivity contribution is 0.597. The number of hydrogen-bond acceptors (Lipinski definition) is 2. The molecule has 0 aromatic carbocycles. The van der Waals surface area contributed by atoms with Gasteiger partial charge in [-0.05, 0) is 43.8 Å². The normalized spacial score (nSPS) is 26.8. The molecule has 17 heavy (non-hydrogen) atoms. The zero-order valence-electron chi connectivity index (χ0n) is 10.3. The maximum absolute atomic E-state index is 6.16. The molecule has 0 heterocycles. The van der Waals surface area contributed by atoms with Crippen molar-refractivity contribution < 1.29 is 0 Å². The van der Waals surface area contributed by atoms with E-state index in [-0.39, 0.29) is 6.04 Å². The second-order valence-electron chi connectivity index (χ2n) is 4.84. The number of hydrogen-bond donors (Lipinski definition) is 2. The third-order valence-corrected chi connectivity index (χ3v) is 3.46. The predicted molar refractivity (Wildman–Crippen MR) is 73.2 cm³/mol. The Morgan fingerprint density at radius 1 is 1.29 bits per heavy atom. The molecule has 0 saturated heterocycles. The Labute approximate surface area is 104 Å². The van der Waals surface area contributed by atoms with Crippen LogP contribution in [-0.2, 0) is 0 Å². The lowest BCUT2D eigenvalue weighted by atomic mass is 9.91. The molecule has 2 unspecified atom stereocenters. The Hall–Kier alpha value is -1.28. The first-order valence-electron chi connectivity index (χ1n) is 6.53. The van der Waals surface area contributed by atoms with Crippen LogP contribution in [0.2, 0.25) is 0 Å². The molecule has 0 aromatic rings. The summed E-state index contributed by atoms with van der Waals surface area (Å²) in [6.45, 7) is 0. The lowest BCUT2D eigenvalue weighted by Gasteiger charge is -2.19. The molecule has 0 spiro atoms. The highest BCUT2D eigenvalue weighted by atomic mass is 14.7. The monoisotopic (exact) mass is 230 g/mol. The SMILES string of the molecule is N/C(=C\C(N)C1=CCCC=C1)C1C=CCCC1. The van der Waals surface area contributed by atoms with E-state index in [0.29, 0.717) is 5.92 Å². The third-order valence-electron chi connectivity index (χ3n) is 3.46. The Morgan fingerprint density at radius 3 is 2.82 bits per heavy atom. The summed E-state index contributed by atoms with van der Waals surface area (Å²) in [5.74, 6) is 0.392. The summed E-state index contributed by atoms with van der Waals surface area (Å²) in [5, 5.41) is 0. The molecule has 4 N–H and O–H groups in total. The van der Waals surface area contributed by atoms with Gasteiger partial charge in [-0.2, -0.15) is 0 Å². The summed E-state index contributed by atoms with van der Waals surface area (Å²) in [6, 6.07) is -0.0538. The van der Waals surface area contributed by atoms with Crippen LogP contribution in [0.3, 0.4) is 0 Å². The quantitative estimate of drug-likeness (QED) is 0.732. The molecule has 0 amide bonds. The average molecular weight is 230 g/mol. The van der Waals surface area contributed by atoms with E-state index in [1.54, 1.807) is 0 Å². The van der Waals surface area contributed by atoms with Crippen LogP contribution in [0.15, 0.2) is 47.7 Å². The number of allylic oxidation sites excluding steroid dienone is 4. The smallest absolute Gasteiger partial charge is 0.0497 e. The second-order valence-corrected chi connectivity index (χ2v) is 4.84. The topological polar surface area (TPSA) is 52.0 Å². The van der Waals surface area contributed by atoms with Gasteiger partial charge in [0.15, 0.2) is 0 Å². The standard InChI is InChI=1S/C15H22N2/c16-14(12-7-3-1-4-8-12)11-15(17)13-9-5-2-6-10-13/h3,5,7-9,11,13-14H,1-2,4,6,10,16-17H2/b15-11-. The van der Waals surface area contributed by atoms with Crippen molar-refractivity contribution in [2.45, 2.75) is 38.1 Å². The van der Waals surface area contributed by atoms with Gasteiger partial charge in [0.2, 0.25) is 0 Å². The van der Waals surface area contributed by atoms with Crippen molar-refractivity contribution in [1.29, 1.82) is 0 Å². The summed E-state index contributed by atoms with van der Waals surface area (Å²) in [5.41, 5.74) is 14.4. The predicted octanol–water partition coefficient (Wildman–Crippen LogP) is 2.79. The molecule has 0 radical (unpaired) electrons.